The molecule has 1 saturated heterocycles. The Morgan fingerprint density at radius 1 is 1.55 bits per heavy atom. The third-order valence-electron chi connectivity index (χ3n) is 2.85. The quantitative estimate of drug-likeness (QED) is 0.876. The molecule has 0 radical (unpaired) electrons. The van der Waals surface area contributed by atoms with Crippen molar-refractivity contribution in [2.45, 2.75) is 32.9 Å². The molecule has 0 aromatic carbocycles. The Balaban J connectivity index is 2.30. The molecule has 1 fully saturated rings. The van der Waals surface area contributed by atoms with E-state index in [0.717, 1.165) is 5.69 Å². The molecule has 0 spiro atoms. The van der Waals surface area contributed by atoms with Crippen molar-refractivity contribution in [1.82, 2.24) is 9.97 Å². The average molecular weight is 281 g/mol. The van der Waals surface area contributed by atoms with E-state index in [-0.39, 0.29) is 12.7 Å². The lowest BCUT2D eigenvalue weighted by molar-refractivity contribution is -0.141. The number of carbonyl (C=O) groups is 1. The first-order valence-corrected chi connectivity index (χ1v) is 6.57. The van der Waals surface area contributed by atoms with Gasteiger partial charge >= 0.3 is 5.97 Å². The van der Waals surface area contributed by atoms with Crippen molar-refractivity contribution < 1.29 is 19.4 Å². The number of hydrogen-bond donors (Lipinski definition) is 1. The Kier molecular flexibility index (Phi) is 4.39. The number of carboxylic acid groups (broad SMARTS) is 1. The van der Waals surface area contributed by atoms with Crippen LogP contribution in [-0.2, 0) is 9.53 Å². The molecule has 1 atom stereocenters. The van der Waals surface area contributed by atoms with E-state index in [1.165, 1.54) is 0 Å². The Morgan fingerprint density at radius 3 is 2.95 bits per heavy atom. The number of nitrogens with zero attached hydrogens (tertiary/aromatic N) is 3. The molecule has 2 heterocycles. The van der Waals surface area contributed by atoms with Gasteiger partial charge in [0.1, 0.15) is 0 Å². The van der Waals surface area contributed by atoms with Gasteiger partial charge in [-0.15, -0.1) is 0 Å². The van der Waals surface area contributed by atoms with Crippen molar-refractivity contribution in [3.63, 3.8) is 0 Å². The normalized spacial score (nSPS) is 19.2. The van der Waals surface area contributed by atoms with Gasteiger partial charge in [-0.2, -0.15) is 4.98 Å². The molecule has 1 aliphatic heterocycles. The second-order valence-electron chi connectivity index (χ2n) is 4.94. The lowest BCUT2D eigenvalue weighted by Gasteiger charge is -2.33. The first-order chi connectivity index (χ1) is 9.47. The molecule has 1 unspecified atom stereocenters. The van der Waals surface area contributed by atoms with Crippen molar-refractivity contribution >= 4 is 11.9 Å². The summed E-state index contributed by atoms with van der Waals surface area (Å²) in [5, 5.41) is 9.25. The Morgan fingerprint density at radius 2 is 2.30 bits per heavy atom. The molecule has 110 valence electrons. The molecule has 2 rings (SSSR count). The van der Waals surface area contributed by atoms with Gasteiger partial charge in [0.05, 0.1) is 19.3 Å². The van der Waals surface area contributed by atoms with E-state index in [4.69, 9.17) is 9.47 Å². The number of anilines is 1. The minimum atomic E-state index is -0.943. The molecule has 1 aromatic rings. The molecular formula is C13H19N3O4. The summed E-state index contributed by atoms with van der Waals surface area (Å²) in [5.74, 6) is -0.115. The van der Waals surface area contributed by atoms with Crippen molar-refractivity contribution in [2.75, 3.05) is 24.7 Å². The van der Waals surface area contributed by atoms with Crippen LogP contribution in [0, 0.1) is 6.92 Å². The van der Waals surface area contributed by atoms with Crippen molar-refractivity contribution in [3.05, 3.63) is 11.8 Å². The zero-order valence-corrected chi connectivity index (χ0v) is 11.9. The SMILES string of the molecule is Cc1cc(OC(C)C)nc(N2CCOCC2C(=O)O)n1. The van der Waals surface area contributed by atoms with Gasteiger partial charge in [-0.1, -0.05) is 0 Å². The van der Waals surface area contributed by atoms with E-state index in [2.05, 4.69) is 9.97 Å². The van der Waals surface area contributed by atoms with E-state index >= 15 is 0 Å². The van der Waals surface area contributed by atoms with Crippen LogP contribution in [0.3, 0.4) is 0 Å². The lowest BCUT2D eigenvalue weighted by atomic mass is 10.2. The number of aromatic nitrogens is 2. The summed E-state index contributed by atoms with van der Waals surface area (Å²) in [7, 11) is 0. The maximum atomic E-state index is 11.3. The number of aliphatic carboxylic acids is 1. The van der Waals surface area contributed by atoms with Crippen LogP contribution >= 0.6 is 0 Å². The monoisotopic (exact) mass is 281 g/mol. The number of rotatable bonds is 4. The minimum Gasteiger partial charge on any atom is -0.480 e. The van der Waals surface area contributed by atoms with Gasteiger partial charge in [-0.3, -0.25) is 0 Å². The lowest BCUT2D eigenvalue weighted by Crippen LogP contribution is -2.50. The van der Waals surface area contributed by atoms with Crippen LogP contribution in [0.25, 0.3) is 0 Å². The third-order valence-corrected chi connectivity index (χ3v) is 2.85. The van der Waals surface area contributed by atoms with Crippen LogP contribution in [0.5, 0.6) is 5.88 Å². The molecule has 7 nitrogen and oxygen atoms in total. The highest BCUT2D eigenvalue weighted by molar-refractivity contribution is 5.77. The first-order valence-electron chi connectivity index (χ1n) is 6.57. The molecule has 0 aliphatic carbocycles. The van der Waals surface area contributed by atoms with E-state index in [1.54, 1.807) is 11.0 Å². The number of morpholine rings is 1. The average Bonchev–Trinajstić information content (AvgIpc) is 2.37. The maximum Gasteiger partial charge on any atom is 0.328 e. The van der Waals surface area contributed by atoms with Crippen molar-refractivity contribution in [3.8, 4) is 5.88 Å². The van der Waals surface area contributed by atoms with Crippen LogP contribution in [0.4, 0.5) is 5.95 Å². The van der Waals surface area contributed by atoms with Crippen LogP contribution in [0.1, 0.15) is 19.5 Å². The van der Waals surface area contributed by atoms with Gasteiger partial charge in [-0.25, -0.2) is 9.78 Å². The predicted molar refractivity (Wildman–Crippen MR) is 72.1 cm³/mol. The maximum absolute atomic E-state index is 11.3. The standard InChI is InChI=1S/C13H19N3O4/c1-8(2)20-11-6-9(3)14-13(15-11)16-4-5-19-7-10(16)12(17)18/h6,8,10H,4-5,7H2,1-3H3,(H,17,18). The number of ether oxygens (including phenoxy) is 2. The fraction of sp³-hybridized carbons (Fsp3) is 0.615. The number of carboxylic acids is 1. The largest absolute Gasteiger partial charge is 0.480 e. The topological polar surface area (TPSA) is 84.8 Å². The summed E-state index contributed by atoms with van der Waals surface area (Å²) in [6.45, 7) is 6.68. The number of aryl methyl sites for hydroxylation is 1. The van der Waals surface area contributed by atoms with Crippen LogP contribution in [0.15, 0.2) is 6.07 Å². The fourth-order valence-corrected chi connectivity index (χ4v) is 2.00. The molecule has 1 aliphatic rings. The first kappa shape index (κ1) is 14.5. The van der Waals surface area contributed by atoms with Crippen molar-refractivity contribution in [2.24, 2.45) is 0 Å². The van der Waals surface area contributed by atoms with Gasteiger partial charge < -0.3 is 19.5 Å². The summed E-state index contributed by atoms with van der Waals surface area (Å²) in [5.41, 5.74) is 0.737. The van der Waals surface area contributed by atoms with Crippen LogP contribution < -0.4 is 9.64 Å². The van der Waals surface area contributed by atoms with Gasteiger partial charge in [0, 0.05) is 18.3 Å². The highest BCUT2D eigenvalue weighted by Gasteiger charge is 2.31. The molecule has 0 bridgehead atoms. The molecular weight excluding hydrogens is 262 g/mol. The zero-order valence-electron chi connectivity index (χ0n) is 11.9. The van der Waals surface area contributed by atoms with E-state index in [1.807, 2.05) is 20.8 Å². The second-order valence-corrected chi connectivity index (χ2v) is 4.94. The fourth-order valence-electron chi connectivity index (χ4n) is 2.00. The second kappa shape index (κ2) is 6.04. The van der Waals surface area contributed by atoms with Gasteiger partial charge in [-0.05, 0) is 20.8 Å². The highest BCUT2D eigenvalue weighted by Crippen LogP contribution is 2.20. The van der Waals surface area contributed by atoms with Gasteiger partial charge in [0.15, 0.2) is 6.04 Å². The minimum absolute atomic E-state index is 0.00268. The molecule has 1 N–H and O–H groups in total. The van der Waals surface area contributed by atoms with Gasteiger partial charge in [0.25, 0.3) is 0 Å². The highest BCUT2D eigenvalue weighted by atomic mass is 16.5. The molecule has 7 heteroatoms. The molecule has 20 heavy (non-hydrogen) atoms. The van der Waals surface area contributed by atoms with E-state index < -0.39 is 12.0 Å². The third kappa shape index (κ3) is 3.36. The smallest absolute Gasteiger partial charge is 0.328 e. The summed E-state index contributed by atoms with van der Waals surface area (Å²) in [4.78, 5) is 21.5. The van der Waals surface area contributed by atoms with Crippen LogP contribution in [0.2, 0.25) is 0 Å². The molecule has 0 saturated carbocycles. The zero-order chi connectivity index (χ0) is 14.7. The summed E-state index contributed by atoms with van der Waals surface area (Å²) < 4.78 is 10.8. The predicted octanol–water partition coefficient (Wildman–Crippen LogP) is 0.862. The number of hydrogen-bond acceptors (Lipinski definition) is 6. The molecule has 0 amide bonds. The van der Waals surface area contributed by atoms with Crippen molar-refractivity contribution in [1.29, 1.82) is 0 Å². The Labute approximate surface area is 117 Å². The van der Waals surface area contributed by atoms with E-state index in [9.17, 15) is 9.90 Å². The Bertz CT molecular complexity index is 493. The Hall–Kier alpha value is -1.89. The summed E-state index contributed by atoms with van der Waals surface area (Å²) in [6.07, 6.45) is -0.00268. The van der Waals surface area contributed by atoms with Gasteiger partial charge in [0.2, 0.25) is 11.8 Å². The summed E-state index contributed by atoms with van der Waals surface area (Å²) >= 11 is 0. The van der Waals surface area contributed by atoms with E-state index in [0.29, 0.717) is 25.0 Å². The van der Waals surface area contributed by atoms with Crippen LogP contribution in [-0.4, -0.2) is 52.9 Å². The summed E-state index contributed by atoms with van der Waals surface area (Å²) in [6, 6.07) is 0.970. The molecule has 1 aromatic heterocycles.